The third kappa shape index (κ3) is 27.4. The average Bonchev–Trinajstić information content (AvgIpc) is 0. The topological polar surface area (TPSA) is 94.5 Å². The molecule has 5 heavy (non-hydrogen) atoms. The van der Waals surface area contributed by atoms with Crippen LogP contribution in [0, 0.1) is 0 Å². The Morgan fingerprint density at radius 3 is 0.800 bits per heavy atom. The van der Waals surface area contributed by atoms with Crippen LogP contribution in [0.1, 0.15) is 2.85 Å². The minimum absolute atomic E-state index is 0. The van der Waals surface area contributed by atoms with Gasteiger partial charge in [-0.2, -0.15) is 0 Å². The molecule has 0 saturated heterocycles. The molecule has 0 rings (SSSR count). The van der Waals surface area contributed by atoms with E-state index >= 15 is 0 Å². The van der Waals surface area contributed by atoms with Crippen molar-refractivity contribution in [2.45, 2.75) is 0 Å². The zero-order chi connectivity index (χ0) is 0. The van der Waals surface area contributed by atoms with E-state index in [0.717, 1.165) is 0 Å². The van der Waals surface area contributed by atoms with Crippen LogP contribution in [0.5, 0.6) is 0 Å². The molecule has 0 unspecified atom stereocenters. The molecule has 0 spiro atoms. The maximum atomic E-state index is 0. The smallest absolute Gasteiger partial charge is 1.00 e. The molecule has 0 aliphatic carbocycles. The van der Waals surface area contributed by atoms with Gasteiger partial charge in [0.2, 0.25) is 0 Å². The summed E-state index contributed by atoms with van der Waals surface area (Å²) >= 11 is 0. The second-order valence-corrected chi connectivity index (χ2v) is 0. The summed E-state index contributed by atoms with van der Waals surface area (Å²) in [5.74, 6) is 0. The van der Waals surface area contributed by atoms with Crippen LogP contribution in [0.4, 0.5) is 0 Å². The van der Waals surface area contributed by atoms with E-state index in [2.05, 4.69) is 0 Å². The molecule has 0 aromatic rings. The SMILES string of the molecule is O.O.O.[AlH3].[Ca+2].[H-].[H-]. The van der Waals surface area contributed by atoms with Crippen LogP contribution in [-0.2, 0) is 0 Å². The summed E-state index contributed by atoms with van der Waals surface area (Å²) in [6, 6.07) is 0. The molecule has 5 heteroatoms. The molecule has 0 amide bonds. The molecule has 0 aliphatic rings. The van der Waals surface area contributed by atoms with Crippen LogP contribution in [0.15, 0.2) is 0 Å². The van der Waals surface area contributed by atoms with Gasteiger partial charge in [0.05, 0.1) is 0 Å². The van der Waals surface area contributed by atoms with E-state index in [1.165, 1.54) is 0 Å². The predicted octanol–water partition coefficient (Wildman–Crippen LogP) is -3.81. The minimum Gasteiger partial charge on any atom is -1.00 e. The number of rotatable bonds is 0. The summed E-state index contributed by atoms with van der Waals surface area (Å²) in [7, 11) is 0. The zero-order valence-electron chi connectivity index (χ0n) is 4.21. The van der Waals surface area contributed by atoms with Gasteiger partial charge in [-0.25, -0.2) is 0 Å². The minimum atomic E-state index is 0. The molecule has 0 bridgehead atoms. The molecule has 0 heterocycles. The van der Waals surface area contributed by atoms with E-state index in [0.29, 0.717) is 0 Å². The quantitative estimate of drug-likeness (QED) is 0.297. The number of hydrogen-bond acceptors (Lipinski definition) is 0. The Bertz CT molecular complexity index is 12.9. The maximum absolute atomic E-state index is 0. The van der Waals surface area contributed by atoms with Crippen LogP contribution in [0.25, 0.3) is 0 Å². The van der Waals surface area contributed by atoms with Gasteiger partial charge in [-0.3, -0.25) is 0 Å². The van der Waals surface area contributed by atoms with Crippen LogP contribution < -0.4 is 0 Å². The van der Waals surface area contributed by atoms with E-state index in [4.69, 9.17) is 0 Å². The Hall–Kier alpha value is 1.67. The molecule has 0 aliphatic heterocycles. The molecule has 0 fully saturated rings. The third-order valence-electron chi connectivity index (χ3n) is 0. The fourth-order valence-electron chi connectivity index (χ4n) is 0. The van der Waals surface area contributed by atoms with Crippen LogP contribution in [-0.4, -0.2) is 71.5 Å². The first kappa shape index (κ1) is 76.8. The molecule has 0 saturated carbocycles. The maximum Gasteiger partial charge on any atom is 2.00 e. The van der Waals surface area contributed by atoms with Crippen LogP contribution in [0.2, 0.25) is 0 Å². The molecule has 34 valence electrons. The van der Waals surface area contributed by atoms with Gasteiger partial charge < -0.3 is 19.3 Å². The van der Waals surface area contributed by atoms with Crippen molar-refractivity contribution in [1.82, 2.24) is 0 Å². The summed E-state index contributed by atoms with van der Waals surface area (Å²) < 4.78 is 0. The Balaban J connectivity index is 0. The monoisotopic (exact) mass is 126 g/mol. The van der Waals surface area contributed by atoms with E-state index in [1.807, 2.05) is 0 Å². The Morgan fingerprint density at radius 2 is 0.800 bits per heavy atom. The van der Waals surface area contributed by atoms with Gasteiger partial charge in [0, 0.05) is 0 Å². The molecule has 0 radical (unpaired) electrons. The van der Waals surface area contributed by atoms with E-state index in [1.54, 1.807) is 0 Å². The first-order chi connectivity index (χ1) is 0. The average molecular weight is 126 g/mol. The molecular formula is H11AlCaO3. The van der Waals surface area contributed by atoms with Crippen molar-refractivity contribution in [1.29, 1.82) is 0 Å². The van der Waals surface area contributed by atoms with E-state index in [9.17, 15) is 0 Å². The fraction of sp³-hybridized carbons (Fsp3) is 0. The van der Waals surface area contributed by atoms with Gasteiger partial charge in [-0.05, 0) is 0 Å². The second-order valence-electron chi connectivity index (χ2n) is 0. The number of hydrogen-bond donors (Lipinski definition) is 0. The summed E-state index contributed by atoms with van der Waals surface area (Å²) in [4.78, 5) is 0. The summed E-state index contributed by atoms with van der Waals surface area (Å²) in [5, 5.41) is 0. The van der Waals surface area contributed by atoms with E-state index in [-0.39, 0.29) is 74.4 Å². The van der Waals surface area contributed by atoms with Crippen molar-refractivity contribution in [3.05, 3.63) is 0 Å². The fourth-order valence-corrected chi connectivity index (χ4v) is 0. The largest absolute Gasteiger partial charge is 2.00 e. The zero-order valence-corrected chi connectivity index (χ0v) is 4.42. The summed E-state index contributed by atoms with van der Waals surface area (Å²) in [6.07, 6.45) is 0. The van der Waals surface area contributed by atoms with Gasteiger partial charge >= 0.3 is 37.7 Å². The van der Waals surface area contributed by atoms with Crippen molar-refractivity contribution in [2.75, 3.05) is 0 Å². The van der Waals surface area contributed by atoms with E-state index < -0.39 is 0 Å². The molecule has 0 aromatic carbocycles. The predicted molar refractivity (Wildman–Crippen MR) is 28.8 cm³/mol. The van der Waals surface area contributed by atoms with Gasteiger partial charge in [-0.1, -0.05) is 0 Å². The van der Waals surface area contributed by atoms with Gasteiger partial charge in [0.15, 0.2) is 17.4 Å². The summed E-state index contributed by atoms with van der Waals surface area (Å²) in [5.41, 5.74) is 0. The molecule has 0 atom stereocenters. The third-order valence-corrected chi connectivity index (χ3v) is 0. The standard InChI is InChI=1S/Al.Ca.3H2O.5H/h;;3*1H2;;;;;/q;+2;;;;;;;2*-1. The Kier molecular flexibility index (Phi) is 680. The van der Waals surface area contributed by atoms with Crippen molar-refractivity contribution in [3.8, 4) is 0 Å². The second kappa shape index (κ2) is 44.3. The van der Waals surface area contributed by atoms with Crippen molar-refractivity contribution >= 4 is 55.1 Å². The normalized spacial score (nSPS) is 0. The molecule has 0 aromatic heterocycles. The van der Waals surface area contributed by atoms with Gasteiger partial charge in [0.25, 0.3) is 0 Å². The summed E-state index contributed by atoms with van der Waals surface area (Å²) in [6.45, 7) is 0. The van der Waals surface area contributed by atoms with Crippen molar-refractivity contribution in [2.24, 2.45) is 0 Å². The van der Waals surface area contributed by atoms with Crippen LogP contribution in [0.3, 0.4) is 0 Å². The molecule has 6 N–H and O–H groups in total. The Labute approximate surface area is 73.8 Å². The first-order valence-corrected chi connectivity index (χ1v) is 0. The van der Waals surface area contributed by atoms with Gasteiger partial charge in [-0.15, -0.1) is 0 Å². The van der Waals surface area contributed by atoms with Crippen molar-refractivity contribution < 1.29 is 19.3 Å². The van der Waals surface area contributed by atoms with Gasteiger partial charge in [0.1, 0.15) is 0 Å². The molecular weight excluding hydrogens is 115 g/mol. The Morgan fingerprint density at radius 1 is 0.800 bits per heavy atom. The van der Waals surface area contributed by atoms with Crippen molar-refractivity contribution in [3.63, 3.8) is 0 Å². The van der Waals surface area contributed by atoms with Crippen LogP contribution >= 0.6 is 0 Å². The first-order valence-electron chi connectivity index (χ1n) is 0. The molecule has 3 nitrogen and oxygen atoms in total.